The van der Waals surface area contributed by atoms with Crippen molar-refractivity contribution < 1.29 is 28.5 Å². The van der Waals surface area contributed by atoms with Crippen molar-refractivity contribution in [2.75, 3.05) is 6.61 Å². The molecule has 2 fully saturated rings. The van der Waals surface area contributed by atoms with Crippen molar-refractivity contribution >= 4 is 27.5 Å². The molecule has 214 valence electrons. The van der Waals surface area contributed by atoms with Crippen molar-refractivity contribution in [1.29, 1.82) is 5.53 Å². The quantitative estimate of drug-likeness (QED) is 0.168. The number of alkyl halides is 1. The van der Waals surface area contributed by atoms with Gasteiger partial charge in [-0.05, 0) is 32.0 Å². The molecule has 2 saturated heterocycles. The van der Waals surface area contributed by atoms with E-state index in [4.69, 9.17) is 25.5 Å². The van der Waals surface area contributed by atoms with Gasteiger partial charge in [0, 0.05) is 5.56 Å². The Bertz CT molecular complexity index is 1580. The van der Waals surface area contributed by atoms with Gasteiger partial charge in [-0.25, -0.2) is 14.4 Å². The molecule has 0 radical (unpaired) electrons. The Morgan fingerprint density at radius 1 is 1.27 bits per heavy atom. The number of carbonyl (C=O) groups is 1. The second-order valence-electron chi connectivity index (χ2n) is 9.77. The fraction of sp³-hybridized carbons (Fsp3) is 0.385. The van der Waals surface area contributed by atoms with E-state index < -0.39 is 49.0 Å². The van der Waals surface area contributed by atoms with Gasteiger partial charge in [0.25, 0.3) is 5.91 Å². The number of primary amides is 1. The van der Waals surface area contributed by atoms with Crippen molar-refractivity contribution in [3.05, 3.63) is 70.8 Å². The molecule has 4 heterocycles. The summed E-state index contributed by atoms with van der Waals surface area (Å²) in [6.45, 7) is 3.12. The Hall–Kier alpha value is -3.89. The predicted octanol–water partition coefficient (Wildman–Crippen LogP) is 3.13. The first kappa shape index (κ1) is 27.3. The number of halogens is 1. The Morgan fingerprint density at radius 2 is 2.05 bits per heavy atom. The van der Waals surface area contributed by atoms with Gasteiger partial charge in [-0.15, -0.1) is 21.5 Å². The smallest absolute Gasteiger partial charge is 0.287 e. The Labute approximate surface area is 237 Å². The van der Waals surface area contributed by atoms with E-state index in [2.05, 4.69) is 20.4 Å². The van der Waals surface area contributed by atoms with Crippen molar-refractivity contribution in [2.24, 2.45) is 11.0 Å². The number of aliphatic hydroxyl groups is 1. The zero-order chi connectivity index (χ0) is 28.8. The predicted molar refractivity (Wildman–Crippen MR) is 143 cm³/mol. The number of thiazole rings is 1. The van der Waals surface area contributed by atoms with E-state index >= 15 is 0 Å². The van der Waals surface area contributed by atoms with Gasteiger partial charge >= 0.3 is 0 Å². The second kappa shape index (κ2) is 10.8. The van der Waals surface area contributed by atoms with Gasteiger partial charge in [0.1, 0.15) is 30.5 Å². The topological polar surface area (TPSA) is 174 Å². The molecule has 1 unspecified atom stereocenters. The van der Waals surface area contributed by atoms with Gasteiger partial charge in [-0.3, -0.25) is 9.36 Å². The lowest BCUT2D eigenvalue weighted by atomic mass is 9.90. The maximum absolute atomic E-state index is 14.8. The maximum Gasteiger partial charge on any atom is 0.287 e. The fourth-order valence-corrected chi connectivity index (χ4v) is 6.22. The lowest BCUT2D eigenvalue weighted by Gasteiger charge is -2.50. The summed E-state index contributed by atoms with van der Waals surface area (Å²) in [6.07, 6.45) is -7.07. The molecule has 2 aromatic carbocycles. The molecule has 1 amide bonds. The molecule has 15 heteroatoms. The van der Waals surface area contributed by atoms with Crippen LogP contribution < -0.4 is 5.73 Å². The minimum atomic E-state index is -1.75. The number of amides is 1. The molecule has 41 heavy (non-hydrogen) atoms. The van der Waals surface area contributed by atoms with Crippen LogP contribution in [0.15, 0.2) is 53.8 Å². The summed E-state index contributed by atoms with van der Waals surface area (Å²) in [4.78, 5) is 16.9. The zero-order valence-electron chi connectivity index (χ0n) is 22.0. The van der Waals surface area contributed by atoms with Gasteiger partial charge in [-0.1, -0.05) is 35.6 Å². The Balaban J connectivity index is 1.42. The van der Waals surface area contributed by atoms with Crippen LogP contribution in [-0.4, -0.2) is 73.0 Å². The van der Waals surface area contributed by atoms with Gasteiger partial charge in [0.05, 0.1) is 27.5 Å². The average molecular weight is 583 g/mol. The number of nitrogens with two attached hydrogens (primary N) is 1. The van der Waals surface area contributed by atoms with Gasteiger partial charge in [0.15, 0.2) is 18.4 Å². The van der Waals surface area contributed by atoms with Gasteiger partial charge in [0.2, 0.25) is 5.82 Å². The minimum Gasteiger partial charge on any atom is -0.388 e. The molecule has 2 aliphatic rings. The van der Waals surface area contributed by atoms with E-state index in [0.29, 0.717) is 5.69 Å². The lowest BCUT2D eigenvalue weighted by molar-refractivity contribution is -0.326. The van der Waals surface area contributed by atoms with Crippen molar-refractivity contribution in [1.82, 2.24) is 24.8 Å². The van der Waals surface area contributed by atoms with Crippen LogP contribution >= 0.6 is 11.3 Å². The van der Waals surface area contributed by atoms with Gasteiger partial charge < -0.3 is 25.1 Å². The number of hydrogen-bond acceptors (Lipinski definition) is 11. The largest absolute Gasteiger partial charge is 0.388 e. The van der Waals surface area contributed by atoms with E-state index in [9.17, 15) is 14.3 Å². The minimum absolute atomic E-state index is 0.0272. The van der Waals surface area contributed by atoms with Crippen LogP contribution in [0.25, 0.3) is 15.9 Å². The van der Waals surface area contributed by atoms with Crippen molar-refractivity contribution in [3.63, 3.8) is 0 Å². The number of aromatic nitrogens is 4. The number of aliphatic hydroxyl groups excluding tert-OH is 1. The van der Waals surface area contributed by atoms with E-state index in [1.165, 1.54) is 22.8 Å². The van der Waals surface area contributed by atoms with Crippen LogP contribution in [0, 0.1) is 12.5 Å². The van der Waals surface area contributed by atoms with E-state index in [1.807, 2.05) is 37.3 Å². The number of rotatable bonds is 7. The van der Waals surface area contributed by atoms with Crippen molar-refractivity contribution in [3.8, 4) is 5.69 Å². The van der Waals surface area contributed by atoms with E-state index in [0.717, 1.165) is 25.8 Å². The first-order valence-electron chi connectivity index (χ1n) is 12.8. The first-order chi connectivity index (χ1) is 19.8. The number of hydrogen-bond donors (Lipinski definition) is 3. The summed E-state index contributed by atoms with van der Waals surface area (Å²) < 4.78 is 35.5. The molecule has 0 aliphatic carbocycles. The van der Waals surface area contributed by atoms with E-state index in [-0.39, 0.29) is 18.3 Å². The highest BCUT2D eigenvalue weighted by atomic mass is 32.1. The van der Waals surface area contributed by atoms with Crippen LogP contribution in [0.4, 0.5) is 4.39 Å². The normalized spacial score (nSPS) is 26.8. The third kappa shape index (κ3) is 4.85. The molecular formula is C26H27FN8O5S. The third-order valence-corrected chi connectivity index (χ3v) is 8.07. The monoisotopic (exact) mass is 582 g/mol. The highest BCUT2D eigenvalue weighted by Gasteiger charge is 2.54. The molecule has 13 nitrogen and oxygen atoms in total. The Kier molecular flexibility index (Phi) is 7.21. The molecule has 7 atom stereocenters. The summed E-state index contributed by atoms with van der Waals surface area (Å²) in [6, 6.07) is 13.3. The number of ether oxygens (including phenoxy) is 3. The number of fused-ring (bicyclic) bond motifs is 2. The third-order valence-electron chi connectivity index (χ3n) is 7.13. The highest BCUT2D eigenvalue weighted by Crippen LogP contribution is 2.42. The fourth-order valence-electron chi connectivity index (χ4n) is 5.36. The molecular weight excluding hydrogens is 555 g/mol. The number of nitrogens with one attached hydrogen (secondary N) is 1. The second-order valence-corrected chi connectivity index (χ2v) is 11.0. The molecule has 0 spiro atoms. The molecule has 6 rings (SSSR count). The SMILES string of the molecule is Cc1nc2ccc(-n3c(C(N)=O)nnc3[C@@H]3O[C@@H]4CO[C@H](c5ccccc5)O[C@@H]4[C@H](N(N=N)C(C)F)[C@H]3O)cc2s1. The summed E-state index contributed by atoms with van der Waals surface area (Å²) in [7, 11) is 0. The number of carbonyl (C=O) groups excluding carboxylic acids is 1. The van der Waals surface area contributed by atoms with Crippen LogP contribution in [-0.2, 0) is 14.2 Å². The summed E-state index contributed by atoms with van der Waals surface area (Å²) in [5, 5.41) is 25.0. The van der Waals surface area contributed by atoms with Crippen LogP contribution in [0.1, 0.15) is 46.3 Å². The van der Waals surface area contributed by atoms with Gasteiger partial charge in [-0.2, -0.15) is 5.53 Å². The van der Waals surface area contributed by atoms with Crippen molar-refractivity contribution in [2.45, 2.75) is 56.9 Å². The molecule has 4 aromatic rings. The summed E-state index contributed by atoms with van der Waals surface area (Å²) >= 11 is 1.47. The highest BCUT2D eigenvalue weighted by molar-refractivity contribution is 7.18. The molecule has 2 aliphatic heterocycles. The number of aryl methyl sites for hydroxylation is 1. The summed E-state index contributed by atoms with van der Waals surface area (Å²) in [5.74, 6) is -0.979. The molecule has 2 aromatic heterocycles. The van der Waals surface area contributed by atoms with E-state index in [1.54, 1.807) is 18.2 Å². The lowest BCUT2D eigenvalue weighted by Crippen LogP contribution is -2.64. The first-order valence-corrected chi connectivity index (χ1v) is 13.7. The molecule has 0 saturated carbocycles. The molecule has 4 N–H and O–H groups in total. The van der Waals surface area contributed by atoms with Crippen LogP contribution in [0.2, 0.25) is 0 Å². The standard InChI is InChI=1S/C26H27FN8O5S/c1-12(27)35(33-29)19-20(36)22(39-17-11-38-26(40-21(17)19)14-6-4-3-5-7-14)24-31-32-25(23(28)37)34(24)15-8-9-16-18(10-15)41-13(2)30-16/h3-10,12,17,19-22,26,29,36H,11H2,1-2H3,(H2,28,37)/t12?,17-,19-,20-,21+,22-,26+/m1/s1. The average Bonchev–Trinajstić information content (AvgIpc) is 3.57. The zero-order valence-corrected chi connectivity index (χ0v) is 22.8. The number of nitrogens with zero attached hydrogens (tertiary/aromatic N) is 6. The van der Waals surface area contributed by atoms with Crippen LogP contribution in [0.5, 0.6) is 0 Å². The number of benzene rings is 2. The summed E-state index contributed by atoms with van der Waals surface area (Å²) in [5.41, 5.74) is 15.3. The molecule has 0 bridgehead atoms. The maximum atomic E-state index is 14.8. The Morgan fingerprint density at radius 3 is 2.76 bits per heavy atom. The van der Waals surface area contributed by atoms with Crippen LogP contribution in [0.3, 0.4) is 0 Å².